The van der Waals surface area contributed by atoms with E-state index in [1.807, 2.05) is 0 Å². The number of alkyl halides is 3. The van der Waals surface area contributed by atoms with Crippen LogP contribution in [0.3, 0.4) is 0 Å². The average Bonchev–Trinajstić information content (AvgIpc) is 2.51. The van der Waals surface area contributed by atoms with Gasteiger partial charge in [-0.15, -0.1) is 0 Å². The molecule has 24 heavy (non-hydrogen) atoms. The Morgan fingerprint density at radius 2 is 2.17 bits per heavy atom. The molecule has 1 aliphatic rings. The molecule has 1 amide bonds. The molecular weight excluding hydrogens is 325 g/mol. The first kappa shape index (κ1) is 17.6. The molecule has 1 atom stereocenters. The molecule has 1 heterocycles. The van der Waals surface area contributed by atoms with E-state index in [9.17, 15) is 22.8 Å². The first-order valence-corrected chi connectivity index (χ1v) is 7.06. The van der Waals surface area contributed by atoms with Crippen molar-refractivity contribution in [1.29, 1.82) is 0 Å². The summed E-state index contributed by atoms with van der Waals surface area (Å²) in [6.07, 6.45) is 0.0276. The Bertz CT molecular complexity index is 760. The lowest BCUT2D eigenvalue weighted by molar-refractivity contribution is -0.114. The molecule has 0 aliphatic heterocycles. The second-order valence-electron chi connectivity index (χ2n) is 5.01. The molecule has 0 fully saturated rings. The van der Waals surface area contributed by atoms with Gasteiger partial charge in [-0.2, -0.15) is 13.2 Å². The highest BCUT2D eigenvalue weighted by atomic mass is 19.4. The van der Waals surface area contributed by atoms with E-state index < -0.39 is 35.7 Å². The normalized spacial score (nSPS) is 18.1. The maximum Gasteiger partial charge on any atom is 0.412 e. The third-order valence-corrected chi connectivity index (χ3v) is 3.25. The summed E-state index contributed by atoms with van der Waals surface area (Å²) in [5, 5.41) is 2.47. The van der Waals surface area contributed by atoms with Gasteiger partial charge >= 0.3 is 6.18 Å². The van der Waals surface area contributed by atoms with Crippen molar-refractivity contribution in [3.63, 3.8) is 0 Å². The number of nitrogens with one attached hydrogen (secondary N) is 2. The van der Waals surface area contributed by atoms with Gasteiger partial charge in [-0.1, -0.05) is 12.2 Å². The molecule has 0 unspecified atom stereocenters. The van der Waals surface area contributed by atoms with Crippen LogP contribution in [0.4, 0.5) is 18.9 Å². The number of hydrogen-bond acceptors (Lipinski definition) is 3. The zero-order valence-electron chi connectivity index (χ0n) is 12.7. The molecule has 1 aromatic heterocycles. The number of H-pyrrole nitrogens is 1. The first-order chi connectivity index (χ1) is 11.3. The van der Waals surface area contributed by atoms with E-state index in [1.165, 1.54) is 30.7 Å². The van der Waals surface area contributed by atoms with Gasteiger partial charge in [0, 0.05) is 29.9 Å². The number of aromatic amines is 1. The summed E-state index contributed by atoms with van der Waals surface area (Å²) in [4.78, 5) is 25.9. The lowest BCUT2D eigenvalue weighted by Crippen LogP contribution is -2.30. The molecule has 0 bridgehead atoms. The van der Waals surface area contributed by atoms with Crippen molar-refractivity contribution in [2.24, 2.45) is 0 Å². The Labute approximate surface area is 135 Å². The van der Waals surface area contributed by atoms with Crippen LogP contribution in [-0.4, -0.2) is 23.2 Å². The summed E-state index contributed by atoms with van der Waals surface area (Å²) in [6.45, 7) is 1.64. The van der Waals surface area contributed by atoms with Gasteiger partial charge in [-0.3, -0.25) is 9.59 Å². The fraction of sp³-hybridized carbons (Fsp3) is 0.250. The van der Waals surface area contributed by atoms with Crippen LogP contribution >= 0.6 is 0 Å². The maximum atomic E-state index is 12.8. The number of pyridine rings is 1. The van der Waals surface area contributed by atoms with Crippen molar-refractivity contribution in [3.8, 4) is 0 Å². The molecule has 0 saturated carbocycles. The van der Waals surface area contributed by atoms with Gasteiger partial charge in [-0.25, -0.2) is 0 Å². The average molecular weight is 340 g/mol. The summed E-state index contributed by atoms with van der Waals surface area (Å²) in [5.74, 6) is -0.632. The minimum atomic E-state index is -4.48. The van der Waals surface area contributed by atoms with Crippen LogP contribution in [0.2, 0.25) is 0 Å². The van der Waals surface area contributed by atoms with Crippen LogP contribution in [-0.2, 0) is 9.53 Å². The molecular formula is C16H15F3N2O3. The van der Waals surface area contributed by atoms with Crippen LogP contribution in [0.1, 0.15) is 13.3 Å². The molecule has 1 aromatic rings. The van der Waals surface area contributed by atoms with Crippen molar-refractivity contribution in [1.82, 2.24) is 4.98 Å². The lowest BCUT2D eigenvalue weighted by atomic mass is 9.94. The molecule has 2 rings (SSSR count). The summed E-state index contributed by atoms with van der Waals surface area (Å²) in [5.41, 5.74) is -0.905. The number of hydrogen-bond donors (Lipinski definition) is 2. The quantitative estimate of drug-likeness (QED) is 0.828. The van der Waals surface area contributed by atoms with Crippen LogP contribution in [0.15, 0.2) is 58.8 Å². The molecule has 5 nitrogen and oxygen atoms in total. The first-order valence-electron chi connectivity index (χ1n) is 7.06. The molecule has 0 aromatic carbocycles. The number of allylic oxidation sites excluding steroid dienone is 3. The van der Waals surface area contributed by atoms with E-state index in [1.54, 1.807) is 6.92 Å². The number of anilines is 1. The van der Waals surface area contributed by atoms with Crippen molar-refractivity contribution >= 4 is 11.6 Å². The van der Waals surface area contributed by atoms with Crippen LogP contribution in [0.25, 0.3) is 0 Å². The number of ether oxygens (including phenoxy) is 1. The van der Waals surface area contributed by atoms with Gasteiger partial charge in [0.1, 0.15) is 6.10 Å². The van der Waals surface area contributed by atoms with Crippen LogP contribution < -0.4 is 10.9 Å². The van der Waals surface area contributed by atoms with Gasteiger partial charge in [0.2, 0.25) is 5.56 Å². The predicted octanol–water partition coefficient (Wildman–Crippen LogP) is 3.05. The van der Waals surface area contributed by atoms with E-state index in [2.05, 4.69) is 10.3 Å². The van der Waals surface area contributed by atoms with Crippen molar-refractivity contribution < 1.29 is 22.7 Å². The van der Waals surface area contributed by atoms with Gasteiger partial charge in [0.05, 0.1) is 11.8 Å². The standard InChI is InChI=1S/C16H15F3N2O3/c1-2-7-24-13-8-10(16(17,18)19)3-4-12(13)15(23)21-11-5-6-20-14(22)9-11/h2-7,9,13H,8H2,1H3,(H2,20,21,22,23)/b7-2+/t13-/m1/s1. The molecule has 1 aliphatic carbocycles. The topological polar surface area (TPSA) is 71.2 Å². The summed E-state index contributed by atoms with van der Waals surface area (Å²) >= 11 is 0. The number of amides is 1. The highest BCUT2D eigenvalue weighted by molar-refractivity contribution is 6.04. The number of carbonyl (C=O) groups excluding carboxylic acids is 1. The van der Waals surface area contributed by atoms with E-state index in [0.717, 1.165) is 12.2 Å². The second-order valence-corrected chi connectivity index (χ2v) is 5.01. The van der Waals surface area contributed by atoms with Crippen LogP contribution in [0, 0.1) is 0 Å². The Hall–Kier alpha value is -2.77. The number of carbonyl (C=O) groups is 1. The van der Waals surface area contributed by atoms with Gasteiger partial charge < -0.3 is 15.0 Å². The number of halogens is 3. The van der Waals surface area contributed by atoms with E-state index in [0.29, 0.717) is 0 Å². The zero-order valence-corrected chi connectivity index (χ0v) is 12.7. The summed E-state index contributed by atoms with van der Waals surface area (Å²) in [7, 11) is 0. The fourth-order valence-electron chi connectivity index (χ4n) is 2.13. The minimum Gasteiger partial charge on any atom is -0.493 e. The largest absolute Gasteiger partial charge is 0.493 e. The summed E-state index contributed by atoms with van der Waals surface area (Å²) < 4.78 is 43.8. The number of aromatic nitrogens is 1. The highest BCUT2D eigenvalue weighted by Crippen LogP contribution is 2.34. The van der Waals surface area contributed by atoms with Crippen molar-refractivity contribution in [3.05, 3.63) is 64.3 Å². The lowest BCUT2D eigenvalue weighted by Gasteiger charge is -2.25. The number of rotatable bonds is 4. The maximum absolute atomic E-state index is 12.8. The smallest absolute Gasteiger partial charge is 0.412 e. The SMILES string of the molecule is C/C=C/O[C@@H]1CC(C(F)(F)F)=CC=C1C(=O)Nc1cc[nH]c(=O)c1. The molecule has 8 heteroatoms. The van der Waals surface area contributed by atoms with Crippen molar-refractivity contribution in [2.75, 3.05) is 5.32 Å². The van der Waals surface area contributed by atoms with E-state index in [4.69, 9.17) is 4.74 Å². The predicted molar refractivity (Wildman–Crippen MR) is 82.2 cm³/mol. The van der Waals surface area contributed by atoms with Crippen LogP contribution in [0.5, 0.6) is 0 Å². The molecule has 0 saturated heterocycles. The minimum absolute atomic E-state index is 0.0429. The van der Waals surface area contributed by atoms with Gasteiger partial charge in [0.15, 0.2) is 0 Å². The Morgan fingerprint density at radius 3 is 2.79 bits per heavy atom. The molecule has 0 radical (unpaired) electrons. The third kappa shape index (κ3) is 4.37. The Kier molecular flexibility index (Phi) is 5.28. The monoisotopic (exact) mass is 340 g/mol. The van der Waals surface area contributed by atoms with Crippen molar-refractivity contribution in [2.45, 2.75) is 25.6 Å². The fourth-order valence-corrected chi connectivity index (χ4v) is 2.13. The molecule has 128 valence electrons. The van der Waals surface area contributed by atoms with E-state index >= 15 is 0 Å². The highest BCUT2D eigenvalue weighted by Gasteiger charge is 2.38. The Morgan fingerprint density at radius 1 is 1.42 bits per heavy atom. The van der Waals surface area contributed by atoms with Gasteiger partial charge in [0.25, 0.3) is 5.91 Å². The van der Waals surface area contributed by atoms with E-state index in [-0.39, 0.29) is 11.3 Å². The zero-order chi connectivity index (χ0) is 17.7. The third-order valence-electron chi connectivity index (χ3n) is 3.25. The van der Waals surface area contributed by atoms with Gasteiger partial charge in [-0.05, 0) is 19.1 Å². The molecule has 2 N–H and O–H groups in total. The molecule has 0 spiro atoms. The Balaban J connectivity index is 2.25. The second kappa shape index (κ2) is 7.20. The summed E-state index contributed by atoms with van der Waals surface area (Å²) in [6, 6.07) is 2.63.